The van der Waals surface area contributed by atoms with E-state index in [9.17, 15) is 9.59 Å². The normalized spacial score (nSPS) is 10.1. The Morgan fingerprint density at radius 2 is 2.22 bits per heavy atom. The van der Waals surface area contributed by atoms with E-state index in [1.807, 2.05) is 0 Å². The summed E-state index contributed by atoms with van der Waals surface area (Å²) in [7, 11) is 0. The van der Waals surface area contributed by atoms with Crippen LogP contribution in [0.1, 0.15) is 21.6 Å². The van der Waals surface area contributed by atoms with Crippen molar-refractivity contribution in [3.05, 3.63) is 33.2 Å². The van der Waals surface area contributed by atoms with Crippen LogP contribution in [0.15, 0.2) is 10.9 Å². The zero-order valence-electron chi connectivity index (χ0n) is 10.4. The van der Waals surface area contributed by atoms with E-state index in [0.717, 1.165) is 0 Å². The standard InChI is InChI=1S/C13H15NO3S/c1-4-6-18-7-5-14-10(3)12(13(16)17)9(2)8-11(14)15/h1,8H,5-7H2,2-3H3,(H,16,17). The van der Waals surface area contributed by atoms with Gasteiger partial charge >= 0.3 is 5.97 Å². The number of aryl methyl sites for hydroxylation is 1. The van der Waals surface area contributed by atoms with Crippen LogP contribution >= 0.6 is 11.8 Å². The number of hydrogen-bond acceptors (Lipinski definition) is 3. The van der Waals surface area contributed by atoms with E-state index in [0.29, 0.717) is 29.3 Å². The average molecular weight is 265 g/mol. The summed E-state index contributed by atoms with van der Waals surface area (Å²) in [6, 6.07) is 1.36. The molecule has 0 atom stereocenters. The number of carboxylic acids is 1. The van der Waals surface area contributed by atoms with Crippen molar-refractivity contribution in [1.29, 1.82) is 0 Å². The minimum atomic E-state index is -1.00. The Morgan fingerprint density at radius 3 is 2.78 bits per heavy atom. The molecule has 0 radical (unpaired) electrons. The molecule has 0 aliphatic heterocycles. The number of carboxylic acid groups (broad SMARTS) is 1. The van der Waals surface area contributed by atoms with Crippen LogP contribution in [-0.4, -0.2) is 27.1 Å². The lowest BCUT2D eigenvalue weighted by atomic mass is 10.1. The Labute approximate surface area is 110 Å². The molecule has 1 heterocycles. The molecule has 4 nitrogen and oxygen atoms in total. The summed E-state index contributed by atoms with van der Waals surface area (Å²) in [4.78, 5) is 23.0. The Balaban J connectivity index is 3.05. The Bertz CT molecular complexity index is 555. The molecule has 1 N–H and O–H groups in total. The number of aromatic nitrogens is 1. The molecule has 18 heavy (non-hydrogen) atoms. The summed E-state index contributed by atoms with van der Waals surface area (Å²) >= 11 is 1.54. The number of thioether (sulfide) groups is 1. The maximum Gasteiger partial charge on any atom is 0.337 e. The second kappa shape index (κ2) is 6.31. The number of hydrogen-bond donors (Lipinski definition) is 1. The van der Waals surface area contributed by atoms with E-state index in [4.69, 9.17) is 11.5 Å². The van der Waals surface area contributed by atoms with Crippen LogP contribution in [0.25, 0.3) is 0 Å². The van der Waals surface area contributed by atoms with Crippen molar-refractivity contribution in [2.24, 2.45) is 0 Å². The third kappa shape index (κ3) is 3.17. The first-order valence-electron chi connectivity index (χ1n) is 5.44. The lowest BCUT2D eigenvalue weighted by Crippen LogP contribution is -2.26. The molecule has 96 valence electrons. The summed E-state index contributed by atoms with van der Waals surface area (Å²) in [5, 5.41) is 9.12. The van der Waals surface area contributed by atoms with Crippen LogP contribution in [0.4, 0.5) is 0 Å². The van der Waals surface area contributed by atoms with Gasteiger partial charge in [0.15, 0.2) is 0 Å². The van der Waals surface area contributed by atoms with Gasteiger partial charge in [-0.25, -0.2) is 4.79 Å². The highest BCUT2D eigenvalue weighted by molar-refractivity contribution is 7.99. The number of terminal acetylenes is 1. The molecule has 5 heteroatoms. The predicted octanol–water partition coefficient (Wildman–Crippen LogP) is 1.53. The second-order valence-corrected chi connectivity index (χ2v) is 4.94. The lowest BCUT2D eigenvalue weighted by molar-refractivity contribution is 0.0694. The maximum atomic E-state index is 11.8. The van der Waals surface area contributed by atoms with Crippen molar-refractivity contribution in [1.82, 2.24) is 4.57 Å². The van der Waals surface area contributed by atoms with Gasteiger partial charge in [-0.3, -0.25) is 4.79 Å². The first kappa shape index (κ1) is 14.4. The fourth-order valence-corrected chi connectivity index (χ4v) is 2.38. The minimum absolute atomic E-state index is 0.170. The highest BCUT2D eigenvalue weighted by Gasteiger charge is 2.15. The van der Waals surface area contributed by atoms with Crippen LogP contribution in [0.5, 0.6) is 0 Å². The van der Waals surface area contributed by atoms with Crippen molar-refractivity contribution >= 4 is 17.7 Å². The van der Waals surface area contributed by atoms with Gasteiger partial charge in [0, 0.05) is 24.1 Å². The molecule has 0 unspecified atom stereocenters. The molecule has 0 amide bonds. The van der Waals surface area contributed by atoms with Crippen molar-refractivity contribution in [3.63, 3.8) is 0 Å². The fourth-order valence-electron chi connectivity index (χ4n) is 1.81. The van der Waals surface area contributed by atoms with Crippen molar-refractivity contribution in [2.75, 3.05) is 11.5 Å². The first-order chi connectivity index (χ1) is 8.49. The summed E-state index contributed by atoms with van der Waals surface area (Å²) in [5.74, 6) is 2.78. The van der Waals surface area contributed by atoms with Gasteiger partial charge in [-0.1, -0.05) is 5.92 Å². The smallest absolute Gasteiger partial charge is 0.337 e. The van der Waals surface area contributed by atoms with Gasteiger partial charge < -0.3 is 9.67 Å². The van der Waals surface area contributed by atoms with Crippen molar-refractivity contribution in [2.45, 2.75) is 20.4 Å². The molecule has 0 aliphatic rings. The molecule has 0 saturated carbocycles. The zero-order chi connectivity index (χ0) is 13.7. The van der Waals surface area contributed by atoms with Crippen LogP contribution in [-0.2, 0) is 6.54 Å². The summed E-state index contributed by atoms with van der Waals surface area (Å²) in [5.41, 5.74) is 1.03. The van der Waals surface area contributed by atoms with Crippen molar-refractivity contribution in [3.8, 4) is 12.3 Å². The molecule has 0 fully saturated rings. The number of rotatable bonds is 5. The van der Waals surface area contributed by atoms with Gasteiger partial charge in [-0.15, -0.1) is 18.2 Å². The summed E-state index contributed by atoms with van der Waals surface area (Å²) < 4.78 is 1.49. The van der Waals surface area contributed by atoms with E-state index in [1.165, 1.54) is 10.6 Å². The van der Waals surface area contributed by atoms with Gasteiger partial charge in [0.05, 0.1) is 11.3 Å². The first-order valence-corrected chi connectivity index (χ1v) is 6.60. The monoisotopic (exact) mass is 265 g/mol. The molecule has 0 saturated heterocycles. The second-order valence-electron chi connectivity index (χ2n) is 3.84. The maximum absolute atomic E-state index is 11.8. The molecule has 1 rings (SSSR count). The van der Waals surface area contributed by atoms with Gasteiger partial charge in [0.1, 0.15) is 0 Å². The summed E-state index contributed by atoms with van der Waals surface area (Å²) in [6.45, 7) is 3.76. The van der Waals surface area contributed by atoms with Gasteiger partial charge in [0.25, 0.3) is 5.56 Å². The number of nitrogens with zero attached hydrogens (tertiary/aromatic N) is 1. The van der Waals surface area contributed by atoms with Crippen LogP contribution < -0.4 is 5.56 Å². The number of pyridine rings is 1. The van der Waals surface area contributed by atoms with Gasteiger partial charge in [-0.2, -0.15) is 0 Å². The predicted molar refractivity (Wildman–Crippen MR) is 73.3 cm³/mol. The third-order valence-corrected chi connectivity index (χ3v) is 3.47. The lowest BCUT2D eigenvalue weighted by Gasteiger charge is -2.13. The van der Waals surface area contributed by atoms with Crippen LogP contribution in [0, 0.1) is 26.2 Å². The molecule has 0 bridgehead atoms. The van der Waals surface area contributed by atoms with E-state index in [-0.39, 0.29) is 11.1 Å². The van der Waals surface area contributed by atoms with Crippen LogP contribution in [0.2, 0.25) is 0 Å². The van der Waals surface area contributed by atoms with E-state index >= 15 is 0 Å². The quantitative estimate of drug-likeness (QED) is 0.648. The third-order valence-electron chi connectivity index (χ3n) is 2.63. The zero-order valence-corrected chi connectivity index (χ0v) is 11.2. The minimum Gasteiger partial charge on any atom is -0.478 e. The number of aromatic carboxylic acids is 1. The SMILES string of the molecule is C#CCSCCn1c(C)c(C(=O)O)c(C)cc1=O. The Kier molecular flexibility index (Phi) is 5.05. The molecule has 1 aromatic heterocycles. The number of carbonyl (C=O) groups is 1. The molecule has 0 aromatic carbocycles. The molecule has 0 aliphatic carbocycles. The van der Waals surface area contributed by atoms with E-state index in [2.05, 4.69) is 5.92 Å². The molecular weight excluding hydrogens is 250 g/mol. The Hall–Kier alpha value is -1.67. The largest absolute Gasteiger partial charge is 0.478 e. The van der Waals surface area contributed by atoms with Gasteiger partial charge in [0.2, 0.25) is 0 Å². The Morgan fingerprint density at radius 1 is 1.56 bits per heavy atom. The fraction of sp³-hybridized carbons (Fsp3) is 0.385. The molecule has 0 spiro atoms. The molecule has 1 aromatic rings. The van der Waals surface area contributed by atoms with Crippen molar-refractivity contribution < 1.29 is 9.90 Å². The highest BCUT2D eigenvalue weighted by atomic mass is 32.2. The van der Waals surface area contributed by atoms with E-state index < -0.39 is 5.97 Å². The van der Waals surface area contributed by atoms with Crippen LogP contribution in [0.3, 0.4) is 0 Å². The average Bonchev–Trinajstić information content (AvgIpc) is 2.26. The van der Waals surface area contributed by atoms with E-state index in [1.54, 1.807) is 25.6 Å². The molecular formula is C13H15NO3S. The van der Waals surface area contributed by atoms with Gasteiger partial charge in [-0.05, 0) is 19.4 Å². The summed E-state index contributed by atoms with van der Waals surface area (Å²) in [6.07, 6.45) is 5.13. The topological polar surface area (TPSA) is 59.3 Å². The highest BCUT2D eigenvalue weighted by Crippen LogP contribution is 2.12.